The van der Waals surface area contributed by atoms with Crippen LogP contribution in [0.25, 0.3) is 0 Å². The number of likely N-dealkylation sites (N-methyl/N-ethyl adjacent to an activating group) is 1. The largest absolute Gasteiger partial charge is 0.416 e. The van der Waals surface area contributed by atoms with Crippen LogP contribution in [0.5, 0.6) is 0 Å². The number of benzene rings is 1. The average Bonchev–Trinajstić information content (AvgIpc) is 2.28. The first kappa shape index (κ1) is 18.2. The van der Waals surface area contributed by atoms with E-state index in [0.717, 1.165) is 24.3 Å². The summed E-state index contributed by atoms with van der Waals surface area (Å²) in [5.41, 5.74) is -0.878. The normalized spacial score (nSPS) is 12.0. The van der Waals surface area contributed by atoms with Gasteiger partial charge < -0.3 is 5.32 Å². The summed E-state index contributed by atoms with van der Waals surface area (Å²) in [6, 6.07) is 3.36. The lowest BCUT2D eigenvalue weighted by molar-refractivity contribution is -0.137. The van der Waals surface area contributed by atoms with Gasteiger partial charge in [-0.2, -0.15) is 13.2 Å². The molecule has 0 saturated carbocycles. The SMILES string of the molecule is CNCCNS(=O)(=O)c1ccc(C(F)(F)F)cc1.Cl. The molecule has 2 N–H and O–H groups in total. The minimum Gasteiger partial charge on any atom is -0.318 e. The van der Waals surface area contributed by atoms with Crippen LogP contribution in [-0.4, -0.2) is 28.6 Å². The number of rotatable bonds is 5. The molecule has 19 heavy (non-hydrogen) atoms. The van der Waals surface area contributed by atoms with Crippen LogP contribution in [0.3, 0.4) is 0 Å². The molecule has 0 radical (unpaired) electrons. The van der Waals surface area contributed by atoms with Gasteiger partial charge >= 0.3 is 6.18 Å². The lowest BCUT2D eigenvalue weighted by Gasteiger charge is -2.09. The lowest BCUT2D eigenvalue weighted by Crippen LogP contribution is -2.30. The van der Waals surface area contributed by atoms with E-state index in [1.165, 1.54) is 0 Å². The molecule has 0 amide bonds. The Labute approximate surface area is 115 Å². The third-order valence-corrected chi connectivity index (χ3v) is 3.64. The highest BCUT2D eigenvalue weighted by atomic mass is 35.5. The van der Waals surface area contributed by atoms with Crippen molar-refractivity contribution in [3.8, 4) is 0 Å². The van der Waals surface area contributed by atoms with Crippen molar-refractivity contribution in [2.75, 3.05) is 20.1 Å². The van der Waals surface area contributed by atoms with Crippen molar-refractivity contribution in [1.29, 1.82) is 0 Å². The van der Waals surface area contributed by atoms with Gasteiger partial charge in [-0.25, -0.2) is 13.1 Å². The number of alkyl halides is 3. The molecule has 0 unspecified atom stereocenters. The number of hydrogen-bond acceptors (Lipinski definition) is 3. The number of nitrogens with one attached hydrogen (secondary N) is 2. The molecule has 0 fully saturated rings. The van der Waals surface area contributed by atoms with E-state index in [9.17, 15) is 21.6 Å². The van der Waals surface area contributed by atoms with Gasteiger partial charge in [0.15, 0.2) is 0 Å². The molecule has 1 rings (SSSR count). The van der Waals surface area contributed by atoms with Crippen LogP contribution in [0.1, 0.15) is 5.56 Å². The van der Waals surface area contributed by atoms with E-state index in [0.29, 0.717) is 6.54 Å². The van der Waals surface area contributed by atoms with E-state index >= 15 is 0 Å². The molecule has 0 aliphatic carbocycles. The Morgan fingerprint density at radius 2 is 1.63 bits per heavy atom. The number of sulfonamides is 1. The third kappa shape index (κ3) is 5.35. The van der Waals surface area contributed by atoms with E-state index in [2.05, 4.69) is 10.0 Å². The zero-order valence-electron chi connectivity index (χ0n) is 9.99. The Morgan fingerprint density at radius 3 is 2.05 bits per heavy atom. The quantitative estimate of drug-likeness (QED) is 0.811. The minimum absolute atomic E-state index is 0. The first-order valence-corrected chi connectivity index (χ1v) is 6.57. The number of hydrogen-bond donors (Lipinski definition) is 2. The molecule has 4 nitrogen and oxygen atoms in total. The molecule has 1 aromatic carbocycles. The standard InChI is InChI=1S/C10H13F3N2O2S.ClH/c1-14-6-7-15-18(16,17)9-4-2-8(3-5-9)10(11,12)13;/h2-5,14-15H,6-7H2,1H3;1H. The summed E-state index contributed by atoms with van der Waals surface area (Å²) in [6.07, 6.45) is -4.47. The zero-order chi connectivity index (χ0) is 13.8. The fourth-order valence-corrected chi connectivity index (χ4v) is 2.25. The monoisotopic (exact) mass is 318 g/mol. The Kier molecular flexibility index (Phi) is 6.78. The Bertz CT molecular complexity index is 488. The maximum atomic E-state index is 12.3. The van der Waals surface area contributed by atoms with Crippen LogP contribution in [-0.2, 0) is 16.2 Å². The van der Waals surface area contributed by atoms with E-state index in [4.69, 9.17) is 0 Å². The minimum atomic E-state index is -4.47. The smallest absolute Gasteiger partial charge is 0.318 e. The van der Waals surface area contributed by atoms with E-state index in [-0.39, 0.29) is 23.8 Å². The third-order valence-electron chi connectivity index (χ3n) is 2.16. The van der Waals surface area contributed by atoms with Gasteiger partial charge in [-0.15, -0.1) is 12.4 Å². The molecule has 0 atom stereocenters. The van der Waals surface area contributed by atoms with Gasteiger partial charge in [-0.3, -0.25) is 0 Å². The van der Waals surface area contributed by atoms with Crippen molar-refractivity contribution in [3.05, 3.63) is 29.8 Å². The van der Waals surface area contributed by atoms with Crippen LogP contribution in [0.4, 0.5) is 13.2 Å². The highest BCUT2D eigenvalue weighted by molar-refractivity contribution is 7.89. The van der Waals surface area contributed by atoms with Gasteiger partial charge in [0, 0.05) is 13.1 Å². The van der Waals surface area contributed by atoms with E-state index in [1.807, 2.05) is 0 Å². The average molecular weight is 319 g/mol. The van der Waals surface area contributed by atoms with Crippen LogP contribution in [0.2, 0.25) is 0 Å². The van der Waals surface area contributed by atoms with Crippen molar-refractivity contribution >= 4 is 22.4 Å². The molecule has 0 saturated heterocycles. The molecule has 9 heteroatoms. The predicted molar refractivity (Wildman–Crippen MR) is 67.8 cm³/mol. The first-order valence-electron chi connectivity index (χ1n) is 5.09. The van der Waals surface area contributed by atoms with Crippen LogP contribution < -0.4 is 10.0 Å². The van der Waals surface area contributed by atoms with Gasteiger partial charge in [0.25, 0.3) is 0 Å². The maximum absolute atomic E-state index is 12.3. The molecule has 0 heterocycles. The molecular formula is C10H14ClF3N2O2S. The Balaban J connectivity index is 0.00000324. The summed E-state index contributed by atoms with van der Waals surface area (Å²) >= 11 is 0. The van der Waals surface area contributed by atoms with Gasteiger partial charge in [-0.05, 0) is 31.3 Å². The molecule has 110 valence electrons. The molecule has 0 spiro atoms. The summed E-state index contributed by atoms with van der Waals surface area (Å²) in [4.78, 5) is -0.188. The summed E-state index contributed by atoms with van der Waals surface area (Å²) in [5, 5.41) is 2.75. The molecule has 0 aromatic heterocycles. The van der Waals surface area contributed by atoms with Crippen LogP contribution in [0.15, 0.2) is 29.2 Å². The topological polar surface area (TPSA) is 58.2 Å². The zero-order valence-corrected chi connectivity index (χ0v) is 11.6. The summed E-state index contributed by atoms with van der Waals surface area (Å²) in [7, 11) is -2.09. The molecule has 0 aliphatic heterocycles. The maximum Gasteiger partial charge on any atom is 0.416 e. The second-order valence-corrected chi connectivity index (χ2v) is 5.29. The predicted octanol–water partition coefficient (Wildman–Crippen LogP) is 1.62. The van der Waals surface area contributed by atoms with Crippen LogP contribution >= 0.6 is 12.4 Å². The van der Waals surface area contributed by atoms with Gasteiger partial charge in [0.1, 0.15) is 0 Å². The highest BCUT2D eigenvalue weighted by Gasteiger charge is 2.30. The highest BCUT2D eigenvalue weighted by Crippen LogP contribution is 2.29. The fraction of sp³-hybridized carbons (Fsp3) is 0.400. The molecule has 1 aromatic rings. The van der Waals surface area contributed by atoms with E-state index < -0.39 is 21.8 Å². The first-order chi connectivity index (χ1) is 8.27. The van der Waals surface area contributed by atoms with E-state index in [1.54, 1.807) is 7.05 Å². The molecule has 0 aliphatic rings. The molecular weight excluding hydrogens is 305 g/mol. The van der Waals surface area contributed by atoms with Crippen molar-refractivity contribution in [1.82, 2.24) is 10.0 Å². The second kappa shape index (κ2) is 7.09. The second-order valence-electron chi connectivity index (χ2n) is 3.52. The summed E-state index contributed by atoms with van der Waals surface area (Å²) in [5.74, 6) is 0. The summed E-state index contributed by atoms with van der Waals surface area (Å²) in [6.45, 7) is 0.597. The Hall–Kier alpha value is -0.830. The van der Waals surface area contributed by atoms with Gasteiger partial charge in [-0.1, -0.05) is 0 Å². The fourth-order valence-electron chi connectivity index (χ4n) is 1.22. The Morgan fingerprint density at radius 1 is 1.11 bits per heavy atom. The lowest BCUT2D eigenvalue weighted by atomic mass is 10.2. The van der Waals surface area contributed by atoms with Crippen molar-refractivity contribution in [3.63, 3.8) is 0 Å². The summed E-state index contributed by atoms with van der Waals surface area (Å²) < 4.78 is 62.4. The van der Waals surface area contributed by atoms with Gasteiger partial charge in [0.05, 0.1) is 10.5 Å². The van der Waals surface area contributed by atoms with Crippen molar-refractivity contribution in [2.24, 2.45) is 0 Å². The molecule has 0 bridgehead atoms. The van der Waals surface area contributed by atoms with Crippen molar-refractivity contribution in [2.45, 2.75) is 11.1 Å². The number of halogens is 4. The van der Waals surface area contributed by atoms with Crippen molar-refractivity contribution < 1.29 is 21.6 Å². The van der Waals surface area contributed by atoms with Gasteiger partial charge in [0.2, 0.25) is 10.0 Å². The van der Waals surface area contributed by atoms with Crippen LogP contribution in [0, 0.1) is 0 Å².